The number of urea groups is 1. The lowest BCUT2D eigenvalue weighted by Crippen LogP contribution is -2.63. The third-order valence-electron chi connectivity index (χ3n) is 10.0. The maximum absolute atomic E-state index is 14.1. The molecule has 1 saturated heterocycles. The summed E-state index contributed by atoms with van der Waals surface area (Å²) in [5, 5.41) is 18.8. The first-order valence-electron chi connectivity index (χ1n) is 15.3. The number of nitrogens with two attached hydrogens (primary N) is 1. The normalized spacial score (nSPS) is 28.0. The molecule has 4 fully saturated rings. The molecule has 6 N–H and O–H groups in total. The van der Waals surface area contributed by atoms with Gasteiger partial charge in [0.1, 0.15) is 12.1 Å². The molecule has 0 aromatic carbocycles. The summed E-state index contributed by atoms with van der Waals surface area (Å²) in [6, 6.07) is -3.29. The van der Waals surface area contributed by atoms with E-state index < -0.39 is 52.7 Å². The molecule has 11 heteroatoms. The number of aliphatic hydroxyl groups excluding tert-OH is 1. The lowest BCUT2D eigenvalue weighted by atomic mass is 9.85. The van der Waals surface area contributed by atoms with Gasteiger partial charge < -0.3 is 31.7 Å². The van der Waals surface area contributed by atoms with Gasteiger partial charge in [0.2, 0.25) is 17.6 Å². The number of hydrogen-bond donors (Lipinski definition) is 5. The Kier molecular flexibility index (Phi) is 8.79. The molecule has 5 amide bonds. The van der Waals surface area contributed by atoms with Crippen LogP contribution in [0.15, 0.2) is 0 Å². The first-order chi connectivity index (χ1) is 19.1. The summed E-state index contributed by atoms with van der Waals surface area (Å²) >= 11 is 0. The van der Waals surface area contributed by atoms with E-state index >= 15 is 0 Å². The average molecular weight is 576 g/mol. The summed E-state index contributed by atoms with van der Waals surface area (Å²) in [7, 11) is 0. The Bertz CT molecular complexity index is 1060. The van der Waals surface area contributed by atoms with Crippen LogP contribution in [0.1, 0.15) is 92.4 Å². The minimum absolute atomic E-state index is 0.102. The summed E-state index contributed by atoms with van der Waals surface area (Å²) in [4.78, 5) is 67.0. The fraction of sp³-hybridized carbons (Fsp3) is 0.833. The number of piperidine rings is 1. The van der Waals surface area contributed by atoms with E-state index in [1.54, 1.807) is 4.90 Å². The van der Waals surface area contributed by atoms with Crippen LogP contribution < -0.4 is 21.7 Å². The Balaban J connectivity index is 1.52. The molecule has 3 saturated carbocycles. The highest BCUT2D eigenvalue weighted by Crippen LogP contribution is 2.65. The number of amides is 5. The van der Waals surface area contributed by atoms with Crippen molar-refractivity contribution in [2.75, 3.05) is 13.2 Å². The van der Waals surface area contributed by atoms with Gasteiger partial charge >= 0.3 is 6.03 Å². The van der Waals surface area contributed by atoms with E-state index in [9.17, 15) is 29.1 Å². The standard InChI is InChI=1S/C30H49N5O6/c1-28(2,3)23(33-27(41)34-30(16-36)12-8-6-7-9-13-30)26(40)35-15-18-20(29(18,4)5)21(35)25(39)32-19(14-17-10-11-17)22(37)24(31)38/h17-21,23,36H,6-16H2,1-5H3,(H2,31,38)(H,32,39)(H2,33,34,41)/t18?,19?,20?,21-,23+/m0/s1. The SMILES string of the molecule is CC1(C)C2CN(C(=O)[C@@H](NC(=O)NC3(CO)CCCCCC3)C(C)(C)C)[C@H](C(=O)NC(CC3CC3)C(=O)C(N)=O)C21. The zero-order chi connectivity index (χ0) is 30.3. The number of primary amides is 1. The summed E-state index contributed by atoms with van der Waals surface area (Å²) < 4.78 is 0. The number of aliphatic hydroxyl groups is 1. The monoisotopic (exact) mass is 575 g/mol. The van der Waals surface area contributed by atoms with Crippen molar-refractivity contribution in [3.63, 3.8) is 0 Å². The largest absolute Gasteiger partial charge is 0.394 e. The van der Waals surface area contributed by atoms with Crippen molar-refractivity contribution in [3.05, 3.63) is 0 Å². The number of hydrogen-bond acceptors (Lipinski definition) is 6. The topological polar surface area (TPSA) is 171 Å². The molecule has 0 spiro atoms. The smallest absolute Gasteiger partial charge is 0.315 e. The molecule has 0 aromatic heterocycles. The quantitative estimate of drug-likeness (QED) is 0.196. The number of fused-ring (bicyclic) bond motifs is 1. The molecule has 11 nitrogen and oxygen atoms in total. The highest BCUT2D eigenvalue weighted by Gasteiger charge is 2.70. The first kappa shape index (κ1) is 31.3. The zero-order valence-corrected chi connectivity index (χ0v) is 25.3. The summed E-state index contributed by atoms with van der Waals surface area (Å²) in [5.74, 6) is -2.48. The van der Waals surface area contributed by atoms with Crippen LogP contribution in [0.3, 0.4) is 0 Å². The van der Waals surface area contributed by atoms with Gasteiger partial charge in [0.25, 0.3) is 5.91 Å². The molecule has 1 aliphatic heterocycles. The van der Waals surface area contributed by atoms with Gasteiger partial charge in [-0.2, -0.15) is 0 Å². The fourth-order valence-corrected chi connectivity index (χ4v) is 7.11. The molecule has 41 heavy (non-hydrogen) atoms. The van der Waals surface area contributed by atoms with E-state index in [1.165, 1.54) is 0 Å². The third kappa shape index (κ3) is 6.70. The second kappa shape index (κ2) is 11.5. The van der Waals surface area contributed by atoms with Gasteiger partial charge in [-0.25, -0.2) is 4.79 Å². The van der Waals surface area contributed by atoms with E-state index in [4.69, 9.17) is 5.73 Å². The molecule has 0 aromatic rings. The maximum atomic E-state index is 14.1. The minimum Gasteiger partial charge on any atom is -0.394 e. The lowest BCUT2D eigenvalue weighted by Gasteiger charge is -2.39. The van der Waals surface area contributed by atoms with E-state index in [0.717, 1.165) is 38.5 Å². The van der Waals surface area contributed by atoms with Crippen LogP contribution in [0.4, 0.5) is 4.79 Å². The molecule has 1 heterocycles. The number of carbonyl (C=O) groups excluding carboxylic acids is 5. The summed E-state index contributed by atoms with van der Waals surface area (Å²) in [5.41, 5.74) is 3.72. The molecule has 3 unspecified atom stereocenters. The Morgan fingerprint density at radius 2 is 1.61 bits per heavy atom. The Hall–Kier alpha value is -2.69. The predicted octanol–water partition coefficient (Wildman–Crippen LogP) is 1.61. The van der Waals surface area contributed by atoms with E-state index in [2.05, 4.69) is 29.8 Å². The van der Waals surface area contributed by atoms with Crippen LogP contribution in [-0.4, -0.2) is 76.4 Å². The van der Waals surface area contributed by atoms with Crippen LogP contribution in [-0.2, 0) is 19.2 Å². The molecule has 5 atom stereocenters. The number of carbonyl (C=O) groups is 5. The van der Waals surface area contributed by atoms with Crippen molar-refractivity contribution in [1.82, 2.24) is 20.9 Å². The molecular weight excluding hydrogens is 526 g/mol. The van der Waals surface area contributed by atoms with Crippen LogP contribution in [0.25, 0.3) is 0 Å². The number of nitrogens with one attached hydrogen (secondary N) is 3. The first-order valence-corrected chi connectivity index (χ1v) is 15.3. The Labute approximate surface area is 243 Å². The van der Waals surface area contributed by atoms with Gasteiger partial charge in [-0.3, -0.25) is 19.2 Å². The molecule has 0 radical (unpaired) electrons. The van der Waals surface area contributed by atoms with Gasteiger partial charge in [0.05, 0.1) is 18.2 Å². The second-order valence-corrected chi connectivity index (χ2v) is 14.6. The van der Waals surface area contributed by atoms with Gasteiger partial charge in [0, 0.05) is 6.54 Å². The van der Waals surface area contributed by atoms with Crippen LogP contribution in [0.2, 0.25) is 0 Å². The van der Waals surface area contributed by atoms with Crippen molar-refractivity contribution < 1.29 is 29.1 Å². The molecular formula is C30H49N5O6. The molecule has 230 valence electrons. The highest BCUT2D eigenvalue weighted by molar-refractivity contribution is 6.37. The highest BCUT2D eigenvalue weighted by atomic mass is 16.3. The Morgan fingerprint density at radius 1 is 1.00 bits per heavy atom. The average Bonchev–Trinajstić information content (AvgIpc) is 3.76. The van der Waals surface area contributed by atoms with Crippen molar-refractivity contribution in [2.45, 2.75) is 116 Å². The number of ketones is 1. The molecule has 3 aliphatic carbocycles. The molecule has 0 bridgehead atoms. The van der Waals surface area contributed by atoms with Crippen molar-refractivity contribution in [2.24, 2.45) is 34.3 Å². The van der Waals surface area contributed by atoms with Crippen LogP contribution in [0.5, 0.6) is 0 Å². The minimum atomic E-state index is -1.09. The number of rotatable bonds is 10. The van der Waals surface area contributed by atoms with E-state index in [1.807, 2.05) is 20.8 Å². The van der Waals surface area contributed by atoms with E-state index in [-0.39, 0.29) is 35.7 Å². The maximum Gasteiger partial charge on any atom is 0.315 e. The number of nitrogens with zero attached hydrogens (tertiary/aromatic N) is 1. The van der Waals surface area contributed by atoms with Crippen molar-refractivity contribution in [1.29, 1.82) is 0 Å². The predicted molar refractivity (Wildman–Crippen MR) is 152 cm³/mol. The lowest BCUT2D eigenvalue weighted by molar-refractivity contribution is -0.145. The van der Waals surface area contributed by atoms with Crippen molar-refractivity contribution in [3.8, 4) is 0 Å². The van der Waals surface area contributed by atoms with Crippen molar-refractivity contribution >= 4 is 29.5 Å². The fourth-order valence-electron chi connectivity index (χ4n) is 7.11. The summed E-state index contributed by atoms with van der Waals surface area (Å²) in [6.07, 6.45) is 7.48. The van der Waals surface area contributed by atoms with E-state index in [0.29, 0.717) is 25.8 Å². The van der Waals surface area contributed by atoms with Gasteiger partial charge in [0.15, 0.2) is 0 Å². The third-order valence-corrected chi connectivity index (χ3v) is 10.0. The Morgan fingerprint density at radius 3 is 2.12 bits per heavy atom. The van der Waals surface area contributed by atoms with Crippen LogP contribution >= 0.6 is 0 Å². The number of likely N-dealkylation sites (tertiary alicyclic amines) is 1. The van der Waals surface area contributed by atoms with Crippen LogP contribution in [0, 0.1) is 28.6 Å². The molecule has 4 rings (SSSR count). The molecule has 4 aliphatic rings. The van der Waals surface area contributed by atoms with Gasteiger partial charge in [-0.1, -0.05) is 73.1 Å². The summed E-state index contributed by atoms with van der Waals surface area (Å²) in [6.45, 7) is 9.89. The van der Waals surface area contributed by atoms with Gasteiger partial charge in [-0.15, -0.1) is 0 Å². The zero-order valence-electron chi connectivity index (χ0n) is 25.3. The number of Topliss-reactive ketones (excluding diaryl/α,β-unsaturated/α-hetero) is 1. The second-order valence-electron chi connectivity index (χ2n) is 14.6. The van der Waals surface area contributed by atoms with Gasteiger partial charge in [-0.05, 0) is 47.8 Å².